The summed E-state index contributed by atoms with van der Waals surface area (Å²) in [6.45, 7) is 3.64. The normalized spacial score (nSPS) is 19.7. The molecule has 1 aromatic carbocycles. The molecule has 4 nitrogen and oxygen atoms in total. The molecule has 1 fully saturated rings. The summed E-state index contributed by atoms with van der Waals surface area (Å²) in [5.74, 6) is -0.233. The topological polar surface area (TPSA) is 41.6 Å². The van der Waals surface area contributed by atoms with E-state index in [0.29, 0.717) is 19.5 Å². The number of hydrogen-bond acceptors (Lipinski definition) is 3. The van der Waals surface area contributed by atoms with Gasteiger partial charge in [0.2, 0.25) is 5.91 Å². The van der Waals surface area contributed by atoms with Crippen LogP contribution in [0.15, 0.2) is 24.3 Å². The van der Waals surface area contributed by atoms with Crippen LogP contribution in [0, 0.1) is 0 Å². The van der Waals surface area contributed by atoms with Gasteiger partial charge >= 0.3 is 6.36 Å². The molecule has 7 heteroatoms. The molecule has 1 amide bonds. The van der Waals surface area contributed by atoms with E-state index in [1.165, 1.54) is 24.3 Å². The minimum absolute atomic E-state index is 0.0272. The van der Waals surface area contributed by atoms with Crippen molar-refractivity contribution < 1.29 is 22.7 Å². The zero-order valence-corrected chi connectivity index (χ0v) is 11.6. The Bertz CT molecular complexity index is 488. The molecule has 1 aromatic rings. The lowest BCUT2D eigenvalue weighted by molar-refractivity contribution is -0.274. The molecule has 1 aliphatic rings. The van der Waals surface area contributed by atoms with Crippen molar-refractivity contribution in [2.45, 2.75) is 32.3 Å². The zero-order valence-electron chi connectivity index (χ0n) is 11.6. The second kappa shape index (κ2) is 6.34. The van der Waals surface area contributed by atoms with Gasteiger partial charge in [0.1, 0.15) is 5.75 Å². The lowest BCUT2D eigenvalue weighted by Gasteiger charge is -2.32. The highest BCUT2D eigenvalue weighted by Crippen LogP contribution is 2.23. The van der Waals surface area contributed by atoms with E-state index in [9.17, 15) is 18.0 Å². The van der Waals surface area contributed by atoms with Crippen LogP contribution < -0.4 is 10.1 Å². The van der Waals surface area contributed by atoms with Crippen LogP contribution in [0.2, 0.25) is 0 Å². The minimum atomic E-state index is -4.69. The molecule has 0 saturated carbocycles. The standard InChI is InChI=1S/C14H17F3N2O2/c1-2-12-13(20)19(8-7-18-12)9-10-3-5-11(6-4-10)21-14(15,16)17/h3-6,12,18H,2,7-9H2,1H3. The third-order valence-corrected chi connectivity index (χ3v) is 3.32. The average Bonchev–Trinajstić information content (AvgIpc) is 2.42. The molecule has 2 rings (SSSR count). The summed E-state index contributed by atoms with van der Waals surface area (Å²) in [5.41, 5.74) is 0.773. The van der Waals surface area contributed by atoms with Gasteiger partial charge in [-0.3, -0.25) is 4.79 Å². The van der Waals surface area contributed by atoms with E-state index in [-0.39, 0.29) is 17.7 Å². The second-order valence-corrected chi connectivity index (χ2v) is 4.87. The first-order chi connectivity index (χ1) is 9.89. The third-order valence-electron chi connectivity index (χ3n) is 3.32. The molecule has 0 spiro atoms. The van der Waals surface area contributed by atoms with Gasteiger partial charge in [0.05, 0.1) is 6.04 Å². The number of hydrogen-bond donors (Lipinski definition) is 1. The number of nitrogens with one attached hydrogen (secondary N) is 1. The maximum Gasteiger partial charge on any atom is 0.573 e. The zero-order chi connectivity index (χ0) is 15.5. The van der Waals surface area contributed by atoms with Gasteiger partial charge in [0.25, 0.3) is 0 Å². The van der Waals surface area contributed by atoms with E-state index in [1.54, 1.807) is 4.90 Å². The number of carbonyl (C=O) groups excluding carboxylic acids is 1. The third kappa shape index (κ3) is 4.35. The maximum atomic E-state index is 12.1. The van der Waals surface area contributed by atoms with Crippen molar-refractivity contribution in [2.24, 2.45) is 0 Å². The number of alkyl halides is 3. The number of ether oxygens (including phenoxy) is 1. The number of benzene rings is 1. The van der Waals surface area contributed by atoms with Gasteiger partial charge in [-0.15, -0.1) is 13.2 Å². The highest BCUT2D eigenvalue weighted by atomic mass is 19.4. The Balaban J connectivity index is 1.98. The van der Waals surface area contributed by atoms with Crippen LogP contribution in [-0.2, 0) is 11.3 Å². The summed E-state index contributed by atoms with van der Waals surface area (Å²) < 4.78 is 40.0. The summed E-state index contributed by atoms with van der Waals surface area (Å²) in [5, 5.41) is 3.13. The fourth-order valence-electron chi connectivity index (χ4n) is 2.28. The van der Waals surface area contributed by atoms with Gasteiger partial charge in [-0.05, 0) is 24.1 Å². The Morgan fingerprint density at radius 2 is 2.00 bits per heavy atom. The number of piperazine rings is 1. The molecule has 21 heavy (non-hydrogen) atoms. The fraction of sp³-hybridized carbons (Fsp3) is 0.500. The SMILES string of the molecule is CCC1NCCN(Cc2ccc(OC(F)(F)F)cc2)C1=O. The molecule has 116 valence electrons. The van der Waals surface area contributed by atoms with Crippen LogP contribution in [0.1, 0.15) is 18.9 Å². The van der Waals surface area contributed by atoms with Gasteiger partial charge in [-0.25, -0.2) is 0 Å². The van der Waals surface area contributed by atoms with E-state index in [0.717, 1.165) is 12.1 Å². The Morgan fingerprint density at radius 1 is 1.33 bits per heavy atom. The van der Waals surface area contributed by atoms with Crippen LogP contribution in [0.4, 0.5) is 13.2 Å². The molecule has 0 aliphatic carbocycles. The maximum absolute atomic E-state index is 12.1. The van der Waals surface area contributed by atoms with Gasteiger partial charge in [0, 0.05) is 19.6 Å². The molecule has 1 N–H and O–H groups in total. The molecule has 1 atom stereocenters. The second-order valence-electron chi connectivity index (χ2n) is 4.87. The average molecular weight is 302 g/mol. The highest BCUT2D eigenvalue weighted by Gasteiger charge is 2.31. The predicted octanol–water partition coefficient (Wildman–Crippen LogP) is 2.30. The van der Waals surface area contributed by atoms with Crippen molar-refractivity contribution >= 4 is 5.91 Å². The smallest absolute Gasteiger partial charge is 0.406 e. The van der Waals surface area contributed by atoms with E-state index < -0.39 is 6.36 Å². The molecule has 1 heterocycles. The first kappa shape index (κ1) is 15.6. The molecule has 1 unspecified atom stereocenters. The quantitative estimate of drug-likeness (QED) is 0.928. The molecule has 1 aliphatic heterocycles. The van der Waals surface area contributed by atoms with E-state index in [2.05, 4.69) is 10.1 Å². The molecule has 0 aromatic heterocycles. The summed E-state index contributed by atoms with van der Waals surface area (Å²) in [4.78, 5) is 13.8. The number of nitrogens with zero attached hydrogens (tertiary/aromatic N) is 1. The summed E-state index contributed by atoms with van der Waals surface area (Å²) >= 11 is 0. The Morgan fingerprint density at radius 3 is 2.57 bits per heavy atom. The number of rotatable bonds is 4. The van der Waals surface area contributed by atoms with Crippen molar-refractivity contribution in [3.8, 4) is 5.75 Å². The summed E-state index contributed by atoms with van der Waals surface area (Å²) in [6.07, 6.45) is -3.97. The monoisotopic (exact) mass is 302 g/mol. The van der Waals surface area contributed by atoms with Crippen LogP contribution in [0.5, 0.6) is 5.75 Å². The molecule has 0 bridgehead atoms. The predicted molar refractivity (Wildman–Crippen MR) is 70.6 cm³/mol. The van der Waals surface area contributed by atoms with E-state index in [4.69, 9.17) is 0 Å². The summed E-state index contributed by atoms with van der Waals surface area (Å²) in [6, 6.07) is 5.42. The number of halogens is 3. The van der Waals surface area contributed by atoms with Crippen molar-refractivity contribution in [1.82, 2.24) is 10.2 Å². The van der Waals surface area contributed by atoms with Crippen molar-refractivity contribution in [1.29, 1.82) is 0 Å². The van der Waals surface area contributed by atoms with Crippen molar-refractivity contribution in [3.63, 3.8) is 0 Å². The largest absolute Gasteiger partial charge is 0.573 e. The van der Waals surface area contributed by atoms with Gasteiger partial charge in [-0.2, -0.15) is 0 Å². The minimum Gasteiger partial charge on any atom is -0.406 e. The first-order valence-electron chi connectivity index (χ1n) is 6.76. The van der Waals surface area contributed by atoms with Crippen molar-refractivity contribution in [2.75, 3.05) is 13.1 Å². The van der Waals surface area contributed by atoms with Gasteiger partial charge < -0.3 is 15.0 Å². The molecular weight excluding hydrogens is 285 g/mol. The Hall–Kier alpha value is -1.76. The highest BCUT2D eigenvalue weighted by molar-refractivity contribution is 5.82. The van der Waals surface area contributed by atoms with Gasteiger partial charge in [-0.1, -0.05) is 19.1 Å². The van der Waals surface area contributed by atoms with E-state index in [1.807, 2.05) is 6.92 Å². The number of carbonyl (C=O) groups is 1. The summed E-state index contributed by atoms with van der Waals surface area (Å²) in [7, 11) is 0. The first-order valence-corrected chi connectivity index (χ1v) is 6.76. The Kier molecular flexibility index (Phi) is 4.72. The molecule has 1 saturated heterocycles. The van der Waals surface area contributed by atoms with Crippen LogP contribution in [0.3, 0.4) is 0 Å². The molecule has 0 radical (unpaired) electrons. The molecular formula is C14H17F3N2O2. The van der Waals surface area contributed by atoms with Crippen LogP contribution >= 0.6 is 0 Å². The van der Waals surface area contributed by atoms with Crippen molar-refractivity contribution in [3.05, 3.63) is 29.8 Å². The lowest BCUT2D eigenvalue weighted by atomic mass is 10.1. The van der Waals surface area contributed by atoms with Crippen LogP contribution in [-0.4, -0.2) is 36.3 Å². The lowest BCUT2D eigenvalue weighted by Crippen LogP contribution is -2.54. The van der Waals surface area contributed by atoms with Crippen LogP contribution in [0.25, 0.3) is 0 Å². The van der Waals surface area contributed by atoms with Gasteiger partial charge in [0.15, 0.2) is 0 Å². The number of amides is 1. The van der Waals surface area contributed by atoms with E-state index >= 15 is 0 Å². The Labute approximate surface area is 120 Å². The fourth-order valence-corrected chi connectivity index (χ4v) is 2.28.